The second-order valence-corrected chi connectivity index (χ2v) is 5.79. The predicted molar refractivity (Wildman–Crippen MR) is 85.7 cm³/mol. The number of nitrogens with one attached hydrogen (secondary N) is 1. The molecular weight excluding hydrogens is 316 g/mol. The van der Waals surface area contributed by atoms with Gasteiger partial charge in [0.1, 0.15) is 6.26 Å². The van der Waals surface area contributed by atoms with Crippen LogP contribution in [0.4, 0.5) is 0 Å². The van der Waals surface area contributed by atoms with E-state index in [1.54, 1.807) is 6.26 Å². The predicted octanol–water partition coefficient (Wildman–Crippen LogP) is 2.70. The van der Waals surface area contributed by atoms with E-state index >= 15 is 0 Å². The molecule has 3 rings (SSSR count). The minimum absolute atomic E-state index is 0.537. The maximum Gasteiger partial charge on any atom is 0.205 e. The van der Waals surface area contributed by atoms with Gasteiger partial charge in [0.2, 0.25) is 5.82 Å². The second-order valence-electron chi connectivity index (χ2n) is 5.35. The van der Waals surface area contributed by atoms with Crippen LogP contribution in [0.15, 0.2) is 29.0 Å². The number of halogens is 1. The lowest BCUT2D eigenvalue weighted by atomic mass is 10.1. The summed E-state index contributed by atoms with van der Waals surface area (Å²) in [5, 5.41) is 18.8. The maximum atomic E-state index is 6.10. The molecule has 23 heavy (non-hydrogen) atoms. The van der Waals surface area contributed by atoms with Crippen molar-refractivity contribution in [3.8, 4) is 11.4 Å². The van der Waals surface area contributed by atoms with E-state index in [0.29, 0.717) is 10.8 Å². The molecule has 0 atom stereocenters. The zero-order valence-corrected chi connectivity index (χ0v) is 13.7. The van der Waals surface area contributed by atoms with E-state index in [1.165, 1.54) is 0 Å². The van der Waals surface area contributed by atoms with Crippen LogP contribution in [0, 0.1) is 0 Å². The fourth-order valence-corrected chi connectivity index (χ4v) is 2.68. The van der Waals surface area contributed by atoms with E-state index in [1.807, 2.05) is 25.2 Å². The van der Waals surface area contributed by atoms with Crippen LogP contribution >= 0.6 is 11.6 Å². The molecule has 8 heteroatoms. The molecule has 0 fully saturated rings. The standard InChI is InChI=1S/C15H17ClN6O/c1-3-14-11(9-23-19-14)8-22(2)7-10-4-5-12(16)6-13(10)15-17-20-21-18-15/h4-6,9H,3,7-8H2,1-2H3,(H,17,18,20,21). The van der Waals surface area contributed by atoms with E-state index in [4.69, 9.17) is 16.1 Å². The van der Waals surface area contributed by atoms with Gasteiger partial charge in [-0.15, -0.1) is 10.2 Å². The Morgan fingerprint density at radius 1 is 1.26 bits per heavy atom. The van der Waals surface area contributed by atoms with E-state index in [9.17, 15) is 0 Å². The highest BCUT2D eigenvalue weighted by molar-refractivity contribution is 6.30. The first-order chi connectivity index (χ1) is 11.2. The molecule has 0 aliphatic heterocycles. The Hall–Kier alpha value is -2.25. The van der Waals surface area contributed by atoms with E-state index in [2.05, 4.69) is 37.6 Å². The summed E-state index contributed by atoms with van der Waals surface area (Å²) >= 11 is 6.10. The van der Waals surface area contributed by atoms with Crippen molar-refractivity contribution in [1.82, 2.24) is 30.7 Å². The number of nitrogens with zero attached hydrogens (tertiary/aromatic N) is 5. The zero-order valence-electron chi connectivity index (χ0n) is 13.0. The van der Waals surface area contributed by atoms with Crippen LogP contribution in [0.3, 0.4) is 0 Å². The summed E-state index contributed by atoms with van der Waals surface area (Å²) in [6, 6.07) is 5.70. The third-order valence-electron chi connectivity index (χ3n) is 3.60. The van der Waals surface area contributed by atoms with Gasteiger partial charge in [0.05, 0.1) is 5.69 Å². The number of hydrogen-bond acceptors (Lipinski definition) is 6. The summed E-state index contributed by atoms with van der Waals surface area (Å²) in [5.74, 6) is 0.537. The molecule has 0 radical (unpaired) electrons. The molecule has 120 valence electrons. The van der Waals surface area contributed by atoms with Crippen LogP contribution in [0.25, 0.3) is 11.4 Å². The molecule has 0 amide bonds. The van der Waals surface area contributed by atoms with Gasteiger partial charge in [0.25, 0.3) is 0 Å². The van der Waals surface area contributed by atoms with Crippen LogP contribution in [-0.4, -0.2) is 37.7 Å². The van der Waals surface area contributed by atoms with Crippen LogP contribution in [0.1, 0.15) is 23.7 Å². The first-order valence-corrected chi connectivity index (χ1v) is 7.68. The van der Waals surface area contributed by atoms with Gasteiger partial charge in [-0.25, -0.2) is 0 Å². The quantitative estimate of drug-likeness (QED) is 0.747. The molecule has 2 aromatic heterocycles. The van der Waals surface area contributed by atoms with Gasteiger partial charge >= 0.3 is 0 Å². The SMILES string of the molecule is CCc1nocc1CN(C)Cc1ccc(Cl)cc1-c1nn[nH]n1. The third kappa shape index (κ3) is 3.57. The monoisotopic (exact) mass is 332 g/mol. The molecule has 7 nitrogen and oxygen atoms in total. The number of tetrazole rings is 1. The molecule has 3 aromatic rings. The van der Waals surface area contributed by atoms with Gasteiger partial charge in [-0.3, -0.25) is 4.90 Å². The normalized spacial score (nSPS) is 11.3. The minimum Gasteiger partial charge on any atom is -0.364 e. The lowest BCUT2D eigenvalue weighted by molar-refractivity contribution is 0.317. The van der Waals surface area contributed by atoms with Crippen molar-refractivity contribution in [1.29, 1.82) is 0 Å². The molecule has 0 bridgehead atoms. The molecular formula is C15H17ClN6O. The molecule has 1 aromatic carbocycles. The number of aryl methyl sites for hydroxylation is 1. The van der Waals surface area contributed by atoms with Crippen molar-refractivity contribution in [3.63, 3.8) is 0 Å². The third-order valence-corrected chi connectivity index (χ3v) is 3.84. The Kier molecular flexibility index (Phi) is 4.68. The fraction of sp³-hybridized carbons (Fsp3) is 0.333. The number of benzene rings is 1. The highest BCUT2D eigenvalue weighted by atomic mass is 35.5. The maximum absolute atomic E-state index is 6.10. The lowest BCUT2D eigenvalue weighted by Crippen LogP contribution is -2.18. The number of H-pyrrole nitrogens is 1. The van der Waals surface area contributed by atoms with Crippen LogP contribution in [-0.2, 0) is 19.5 Å². The van der Waals surface area contributed by atoms with Crippen LogP contribution in [0.2, 0.25) is 5.02 Å². The number of hydrogen-bond donors (Lipinski definition) is 1. The molecule has 0 aliphatic rings. The number of rotatable bonds is 6. The molecule has 1 N–H and O–H groups in total. The largest absolute Gasteiger partial charge is 0.364 e. The number of aromatic amines is 1. The smallest absolute Gasteiger partial charge is 0.205 e. The van der Waals surface area contributed by atoms with Crippen LogP contribution in [0.5, 0.6) is 0 Å². The van der Waals surface area contributed by atoms with Crippen molar-refractivity contribution in [2.45, 2.75) is 26.4 Å². The average molecular weight is 333 g/mol. The van der Waals surface area contributed by atoms with Crippen molar-refractivity contribution in [2.24, 2.45) is 0 Å². The highest BCUT2D eigenvalue weighted by Crippen LogP contribution is 2.25. The molecule has 0 aliphatic carbocycles. The number of aromatic nitrogens is 5. The first-order valence-electron chi connectivity index (χ1n) is 7.30. The molecule has 0 saturated carbocycles. The summed E-state index contributed by atoms with van der Waals surface area (Å²) in [7, 11) is 2.04. The molecule has 2 heterocycles. The average Bonchev–Trinajstić information content (AvgIpc) is 3.20. The minimum atomic E-state index is 0.537. The topological polar surface area (TPSA) is 83.7 Å². The van der Waals surface area contributed by atoms with Gasteiger partial charge < -0.3 is 4.52 Å². The Bertz CT molecular complexity index is 770. The van der Waals surface area contributed by atoms with Gasteiger partial charge in [0, 0.05) is 29.2 Å². The summed E-state index contributed by atoms with van der Waals surface area (Å²) in [5.41, 5.74) is 4.04. The van der Waals surface area contributed by atoms with E-state index < -0.39 is 0 Å². The van der Waals surface area contributed by atoms with Crippen molar-refractivity contribution in [3.05, 3.63) is 46.3 Å². The fourth-order valence-electron chi connectivity index (χ4n) is 2.51. The molecule has 0 spiro atoms. The Morgan fingerprint density at radius 2 is 2.09 bits per heavy atom. The second kappa shape index (κ2) is 6.89. The first kappa shape index (κ1) is 15.6. The van der Waals surface area contributed by atoms with Crippen molar-refractivity contribution >= 4 is 11.6 Å². The summed E-state index contributed by atoms with van der Waals surface area (Å²) in [6.45, 7) is 3.53. The van der Waals surface area contributed by atoms with Crippen LogP contribution < -0.4 is 0 Å². The van der Waals surface area contributed by atoms with Crippen molar-refractivity contribution in [2.75, 3.05) is 7.05 Å². The summed E-state index contributed by atoms with van der Waals surface area (Å²) in [4.78, 5) is 2.18. The van der Waals surface area contributed by atoms with E-state index in [-0.39, 0.29) is 0 Å². The van der Waals surface area contributed by atoms with E-state index in [0.717, 1.165) is 41.9 Å². The van der Waals surface area contributed by atoms with Gasteiger partial charge in [-0.1, -0.05) is 29.7 Å². The van der Waals surface area contributed by atoms with Gasteiger partial charge in [-0.05, 0) is 36.4 Å². The highest BCUT2D eigenvalue weighted by Gasteiger charge is 2.14. The summed E-state index contributed by atoms with van der Waals surface area (Å²) < 4.78 is 5.06. The van der Waals surface area contributed by atoms with Crippen molar-refractivity contribution < 1.29 is 4.52 Å². The molecule has 0 unspecified atom stereocenters. The zero-order chi connectivity index (χ0) is 16.2. The lowest BCUT2D eigenvalue weighted by Gasteiger charge is -2.18. The Labute approximate surface area is 138 Å². The van der Waals surface area contributed by atoms with Gasteiger partial charge in [-0.2, -0.15) is 5.21 Å². The Morgan fingerprint density at radius 3 is 2.83 bits per heavy atom. The van der Waals surface area contributed by atoms with Gasteiger partial charge in [0.15, 0.2) is 0 Å². The Balaban J connectivity index is 1.80. The molecule has 0 saturated heterocycles. The summed E-state index contributed by atoms with van der Waals surface area (Å²) in [6.07, 6.45) is 2.56.